The molecule has 0 aliphatic carbocycles. The molecule has 326 valence electrons. The Hall–Kier alpha value is -8.52. The van der Waals surface area contributed by atoms with Crippen molar-refractivity contribution in [3.8, 4) is 5.69 Å². The van der Waals surface area contributed by atoms with Crippen LogP contribution in [0.4, 0.5) is 0 Å². The zero-order valence-electron chi connectivity index (χ0n) is 35.8. The summed E-state index contributed by atoms with van der Waals surface area (Å²) in [5, 5.41) is 14.1. The number of nitrogens with zero attached hydrogens (tertiary/aromatic N) is 1. The van der Waals surface area contributed by atoms with Crippen LogP contribution in [-0.2, 0) is 0 Å². The number of aromatic nitrogens is 4. The van der Waals surface area contributed by atoms with Crippen LogP contribution >= 0.6 is 15.9 Å². The van der Waals surface area contributed by atoms with E-state index >= 15 is 0 Å². The highest BCUT2D eigenvalue weighted by Crippen LogP contribution is 2.44. The molecule has 0 spiro atoms. The van der Waals surface area contributed by atoms with Crippen LogP contribution in [0.15, 0.2) is 220 Å². The number of furan rings is 2. The van der Waals surface area contributed by atoms with Crippen molar-refractivity contribution in [1.82, 2.24) is 19.5 Å². The fourth-order valence-corrected chi connectivity index (χ4v) is 10.8. The number of fused-ring (bicyclic) bond motifs is 22. The number of nitrogens with one attached hydrogen (secondary N) is 3. The monoisotopic (exact) mass is 943 g/mol. The van der Waals surface area contributed by atoms with Crippen molar-refractivity contribution in [3.05, 3.63) is 211 Å². The van der Waals surface area contributed by atoms with E-state index < -0.39 is 0 Å². The first kappa shape index (κ1) is 39.8. The minimum atomic E-state index is 0. The van der Waals surface area contributed by atoms with Crippen LogP contribution in [0, 0.1) is 0 Å². The third-order valence-electron chi connectivity index (χ3n) is 13.4. The Labute approximate surface area is 398 Å². The zero-order chi connectivity index (χ0) is 44.2. The molecule has 0 fully saturated rings. The molecule has 16 aromatic rings. The second kappa shape index (κ2) is 15.5. The number of aromatic amines is 3. The van der Waals surface area contributed by atoms with E-state index in [1.54, 1.807) is 0 Å². The van der Waals surface area contributed by atoms with Crippen LogP contribution < -0.4 is 0 Å². The average molecular weight is 945 g/mol. The fraction of sp³-hybridized carbons (Fsp3) is 0.0164. The van der Waals surface area contributed by atoms with Gasteiger partial charge in [-0.3, -0.25) is 0 Å². The van der Waals surface area contributed by atoms with Crippen LogP contribution in [0.5, 0.6) is 0 Å². The van der Waals surface area contributed by atoms with Gasteiger partial charge in [0, 0.05) is 71.2 Å². The van der Waals surface area contributed by atoms with E-state index in [9.17, 15) is 0 Å². The lowest BCUT2D eigenvalue weighted by atomic mass is 10.1. The molecule has 0 unspecified atom stereocenters. The van der Waals surface area contributed by atoms with E-state index in [1.807, 2.05) is 30.3 Å². The second-order valence-corrected chi connectivity index (χ2v) is 18.0. The molecular weight excluding hydrogens is 901 g/mol. The summed E-state index contributed by atoms with van der Waals surface area (Å²) in [5.41, 5.74) is 14.0. The van der Waals surface area contributed by atoms with Gasteiger partial charge in [-0.2, -0.15) is 0 Å². The summed E-state index contributed by atoms with van der Waals surface area (Å²) in [7, 11) is 0. The summed E-state index contributed by atoms with van der Waals surface area (Å²) in [6.45, 7) is 0. The Bertz CT molecular complexity index is 4470. The van der Waals surface area contributed by atoms with Gasteiger partial charge in [-0.15, -0.1) is 0 Å². The van der Waals surface area contributed by atoms with Gasteiger partial charge < -0.3 is 28.4 Å². The van der Waals surface area contributed by atoms with Gasteiger partial charge in [-0.05, 0) is 97.1 Å². The Morgan fingerprint density at radius 1 is 0.309 bits per heavy atom. The van der Waals surface area contributed by atoms with E-state index in [0.717, 1.165) is 114 Å². The normalized spacial score (nSPS) is 11.8. The molecule has 0 bridgehead atoms. The smallest absolute Gasteiger partial charge is 0.145 e. The molecule has 0 atom stereocenters. The van der Waals surface area contributed by atoms with E-state index in [4.69, 9.17) is 8.83 Å². The fourth-order valence-electron chi connectivity index (χ4n) is 10.5. The van der Waals surface area contributed by atoms with Crippen molar-refractivity contribution in [2.24, 2.45) is 0 Å². The molecule has 0 saturated carbocycles. The van der Waals surface area contributed by atoms with E-state index in [2.05, 4.69) is 211 Å². The molecule has 0 aliphatic rings. The molecule has 6 nitrogen and oxygen atoms in total. The Balaban J connectivity index is 0.000000124. The molecule has 68 heavy (non-hydrogen) atoms. The number of halogens is 1. The van der Waals surface area contributed by atoms with E-state index in [1.165, 1.54) is 27.1 Å². The molecule has 6 heterocycles. The molecule has 10 aromatic carbocycles. The zero-order valence-corrected chi connectivity index (χ0v) is 37.4. The van der Waals surface area contributed by atoms with Crippen LogP contribution in [0.2, 0.25) is 0 Å². The first-order valence-electron chi connectivity index (χ1n) is 22.4. The van der Waals surface area contributed by atoms with Crippen molar-refractivity contribution in [2.75, 3.05) is 0 Å². The maximum Gasteiger partial charge on any atom is 0.145 e. The summed E-state index contributed by atoms with van der Waals surface area (Å²) >= 11 is 3.31. The lowest BCUT2D eigenvalue weighted by molar-refractivity contribution is 0.676. The Kier molecular flexibility index (Phi) is 9.10. The largest absolute Gasteiger partial charge is 0.455 e. The summed E-state index contributed by atoms with van der Waals surface area (Å²) in [6.07, 6.45) is 0. The molecule has 0 radical (unpaired) electrons. The van der Waals surface area contributed by atoms with Gasteiger partial charge in [-0.25, -0.2) is 0 Å². The highest BCUT2D eigenvalue weighted by Gasteiger charge is 2.21. The molecule has 7 heteroatoms. The number of para-hydroxylation sites is 5. The molecule has 16 rings (SSSR count). The van der Waals surface area contributed by atoms with Crippen LogP contribution in [0.3, 0.4) is 0 Å². The third-order valence-corrected chi connectivity index (χ3v) is 13.9. The summed E-state index contributed by atoms with van der Waals surface area (Å²) in [4.78, 5) is 10.6. The molecule has 3 N–H and O–H groups in total. The summed E-state index contributed by atoms with van der Waals surface area (Å²) in [6, 6.07) is 71.8. The number of hydrogen-bond donors (Lipinski definition) is 3. The Morgan fingerprint density at radius 3 is 1.12 bits per heavy atom. The first-order chi connectivity index (χ1) is 33.2. The molecular formula is C61H43BrN4O2. The summed E-state index contributed by atoms with van der Waals surface area (Å²) in [5.74, 6) is 0. The minimum absolute atomic E-state index is 0. The minimum Gasteiger partial charge on any atom is -0.455 e. The van der Waals surface area contributed by atoms with Crippen molar-refractivity contribution < 1.29 is 10.3 Å². The van der Waals surface area contributed by atoms with Gasteiger partial charge in [0.15, 0.2) is 0 Å². The van der Waals surface area contributed by atoms with Gasteiger partial charge in [-0.1, -0.05) is 133 Å². The van der Waals surface area contributed by atoms with Crippen molar-refractivity contribution >= 4 is 147 Å². The first-order valence-corrected chi connectivity index (χ1v) is 23.2. The van der Waals surface area contributed by atoms with Gasteiger partial charge in [0.1, 0.15) is 22.3 Å². The van der Waals surface area contributed by atoms with E-state index in [-0.39, 0.29) is 8.85 Å². The van der Waals surface area contributed by atoms with E-state index in [0.29, 0.717) is 0 Å². The van der Waals surface area contributed by atoms with Crippen LogP contribution in [0.1, 0.15) is 8.85 Å². The van der Waals surface area contributed by atoms with Crippen LogP contribution in [0.25, 0.3) is 137 Å². The second-order valence-electron chi connectivity index (χ2n) is 17.1. The van der Waals surface area contributed by atoms with Crippen LogP contribution in [-0.4, -0.2) is 19.5 Å². The number of H-pyrrole nitrogens is 3. The van der Waals surface area contributed by atoms with Crippen molar-refractivity contribution in [1.29, 1.82) is 0 Å². The highest BCUT2D eigenvalue weighted by atomic mass is 79.9. The van der Waals surface area contributed by atoms with Gasteiger partial charge in [0.25, 0.3) is 0 Å². The van der Waals surface area contributed by atoms with Gasteiger partial charge in [0.2, 0.25) is 0 Å². The predicted molar refractivity (Wildman–Crippen MR) is 293 cm³/mol. The van der Waals surface area contributed by atoms with Crippen molar-refractivity contribution in [3.63, 3.8) is 0 Å². The number of benzene rings is 10. The maximum absolute atomic E-state index is 6.77. The lowest BCUT2D eigenvalue weighted by Gasteiger charge is -2.07. The molecule has 6 aromatic heterocycles. The SMILES string of the molecule is Brc1ccccc1.C.[2HH].c1ccc(-n2c3ccccc3c3c4oc5c(ccc6[nH]c7ccccc7c65)c4ccc32)cc1.c1ccc2c(c1)[nH]c1ccc3c4ccc5[nH]c6ccccc6c5c4oc3c12. The molecule has 0 amide bonds. The average Bonchev–Trinajstić information content (AvgIpc) is 4.23. The van der Waals surface area contributed by atoms with Gasteiger partial charge >= 0.3 is 0 Å². The maximum atomic E-state index is 6.77. The van der Waals surface area contributed by atoms with Crippen molar-refractivity contribution in [2.45, 2.75) is 7.43 Å². The van der Waals surface area contributed by atoms with Gasteiger partial charge in [0.05, 0.1) is 49.1 Å². The number of rotatable bonds is 1. The standard InChI is InChI=1S/C30H18N2O.C24H14N2O.C6H5Br.CH4.H2/c1-2-8-18(9-3-1)32-25-13-7-5-11-22(25)28-26(32)17-15-20-19-14-16-24-27(29(19)33-30(20)28)21-10-4-6-12-23(21)31-24;1-3-7-17-15(5-1)21-19(25-17)11-9-13-14-10-12-20-22(24(14)27-23(13)21)16-6-2-4-8-18(16)26-20;7-6-4-2-1-3-5-6;;/h1-17,31H;1-12,25-26H;1-5H;1H4;1H/i;;;;1+1. The lowest BCUT2D eigenvalue weighted by Crippen LogP contribution is -1.92. The predicted octanol–water partition coefficient (Wildman–Crippen LogP) is 18.5. The highest BCUT2D eigenvalue weighted by molar-refractivity contribution is 9.10. The topological polar surface area (TPSA) is 78.6 Å². The number of hydrogen-bond acceptors (Lipinski definition) is 2. The third kappa shape index (κ3) is 5.95. The Morgan fingerprint density at radius 2 is 0.676 bits per heavy atom. The molecule has 0 aliphatic heterocycles. The summed E-state index contributed by atoms with van der Waals surface area (Å²) < 4.78 is 16.8. The quantitative estimate of drug-likeness (QED) is 0.153. The molecule has 0 saturated heterocycles.